The molecule has 2 fully saturated rings. The van der Waals surface area contributed by atoms with Crippen molar-refractivity contribution < 1.29 is 23.1 Å². The molecular weight excluding hydrogens is 495 g/mol. The lowest BCUT2D eigenvalue weighted by molar-refractivity contribution is -0.138. The van der Waals surface area contributed by atoms with Crippen LogP contribution < -0.4 is 10.2 Å². The number of carbonyl (C=O) groups excluding carboxylic acids is 1. The maximum Gasteiger partial charge on any atom is 0.416 e. The smallest absolute Gasteiger partial charge is 0.393 e. The van der Waals surface area contributed by atoms with Crippen LogP contribution in [0.25, 0.3) is 0 Å². The molecule has 6 rings (SSSR count). The van der Waals surface area contributed by atoms with Gasteiger partial charge in [-0.15, -0.1) is 10.2 Å². The van der Waals surface area contributed by atoms with Crippen molar-refractivity contribution in [1.82, 2.24) is 20.1 Å². The molecule has 1 amide bonds. The number of benzene rings is 2. The Hall–Kier alpha value is -3.24. The first kappa shape index (κ1) is 25.1. The summed E-state index contributed by atoms with van der Waals surface area (Å²) in [5, 5.41) is 21.8. The Morgan fingerprint density at radius 2 is 1.95 bits per heavy atom. The summed E-state index contributed by atoms with van der Waals surface area (Å²) in [6, 6.07) is 10.1. The molecule has 2 aliphatic carbocycles. The Balaban J connectivity index is 1.34. The van der Waals surface area contributed by atoms with Crippen molar-refractivity contribution in [3.63, 3.8) is 0 Å². The summed E-state index contributed by atoms with van der Waals surface area (Å²) in [6.07, 6.45) is 0.510. The number of amides is 1. The molecule has 1 aromatic heterocycles. The molecule has 38 heavy (non-hydrogen) atoms. The third-order valence-electron chi connectivity index (χ3n) is 8.60. The number of aliphatic hydroxyl groups is 1. The highest BCUT2D eigenvalue weighted by atomic mass is 19.4. The van der Waals surface area contributed by atoms with Gasteiger partial charge in [-0.2, -0.15) is 13.2 Å². The van der Waals surface area contributed by atoms with Crippen molar-refractivity contribution in [2.45, 2.75) is 75.4 Å². The molecule has 0 unspecified atom stereocenters. The molecule has 0 saturated heterocycles. The zero-order chi connectivity index (χ0) is 26.9. The van der Waals surface area contributed by atoms with E-state index in [-0.39, 0.29) is 29.8 Å². The molecule has 2 N–H and O–H groups in total. The fourth-order valence-electron chi connectivity index (χ4n) is 6.21. The number of hydrogen-bond acceptors (Lipinski definition) is 5. The number of carbonyl (C=O) groups is 1. The highest BCUT2D eigenvalue weighted by Gasteiger charge is 2.50. The second kappa shape index (κ2) is 8.64. The number of rotatable bonds is 6. The fourth-order valence-corrected chi connectivity index (χ4v) is 6.21. The minimum Gasteiger partial charge on any atom is -0.393 e. The number of halogens is 3. The molecule has 200 valence electrons. The maximum atomic E-state index is 14.1. The molecule has 2 heterocycles. The van der Waals surface area contributed by atoms with E-state index < -0.39 is 29.2 Å². The van der Waals surface area contributed by atoms with Gasteiger partial charge in [-0.1, -0.05) is 12.1 Å². The number of anilines is 1. The number of aryl methyl sites for hydroxylation is 1. The summed E-state index contributed by atoms with van der Waals surface area (Å²) in [7, 11) is 1.84. The van der Waals surface area contributed by atoms with Crippen molar-refractivity contribution in [2.24, 2.45) is 7.05 Å². The minimum absolute atomic E-state index is 0.00795. The van der Waals surface area contributed by atoms with Gasteiger partial charge < -0.3 is 19.9 Å². The monoisotopic (exact) mass is 525 g/mol. The van der Waals surface area contributed by atoms with Gasteiger partial charge in [0.2, 0.25) is 0 Å². The summed E-state index contributed by atoms with van der Waals surface area (Å²) in [4.78, 5) is 15.0. The highest BCUT2D eigenvalue weighted by molar-refractivity contribution is 6.10. The number of aromatic nitrogens is 3. The number of aliphatic hydroxyl groups excluding tert-OH is 1. The fraction of sp³-hybridized carbons (Fsp3) is 0.464. The number of fused-ring (bicyclic) bond motifs is 1. The Bertz CT molecular complexity index is 1410. The van der Waals surface area contributed by atoms with Gasteiger partial charge in [0.05, 0.1) is 23.6 Å². The van der Waals surface area contributed by atoms with Gasteiger partial charge in [-0.25, -0.2) is 0 Å². The average molecular weight is 526 g/mol. The third kappa shape index (κ3) is 4.01. The van der Waals surface area contributed by atoms with Gasteiger partial charge in [0.1, 0.15) is 12.2 Å². The summed E-state index contributed by atoms with van der Waals surface area (Å²) in [5.74, 6) is 0.258. The van der Waals surface area contributed by atoms with E-state index in [1.165, 1.54) is 11.0 Å². The van der Waals surface area contributed by atoms with Gasteiger partial charge in [0.15, 0.2) is 0 Å². The predicted octanol–water partition coefficient (Wildman–Crippen LogP) is 4.47. The van der Waals surface area contributed by atoms with Crippen LogP contribution in [0.15, 0.2) is 42.7 Å². The molecule has 2 saturated carbocycles. The molecular formula is C28H30F3N5O2. The Morgan fingerprint density at radius 3 is 2.55 bits per heavy atom. The standard InChI is InChI=1S/C28H30F3N5O2/c1-26(7-4-8-26)32-14-17-9-21-22(23(10-17)28(29,30)31)15-36(24(21)38)19-6-3-5-18(11-19)27(12-20(37)13-27)25-34-33-16-35(25)2/h3,5-6,9-11,16,20,32,37H,4,7-8,12-15H2,1-2H3/t20-,27+. The van der Waals surface area contributed by atoms with E-state index in [2.05, 4.69) is 22.4 Å². The first-order valence-corrected chi connectivity index (χ1v) is 12.9. The number of nitrogens with zero attached hydrogens (tertiary/aromatic N) is 4. The van der Waals surface area contributed by atoms with E-state index in [4.69, 9.17) is 0 Å². The van der Waals surface area contributed by atoms with Crippen molar-refractivity contribution >= 4 is 11.6 Å². The lowest BCUT2D eigenvalue weighted by Crippen LogP contribution is -2.47. The second-order valence-electron chi connectivity index (χ2n) is 11.3. The normalized spacial score (nSPS) is 24.2. The Labute approximate surface area is 218 Å². The van der Waals surface area contributed by atoms with Crippen molar-refractivity contribution in [3.05, 3.63) is 76.4 Å². The van der Waals surface area contributed by atoms with E-state index in [0.717, 1.165) is 24.8 Å². The van der Waals surface area contributed by atoms with Gasteiger partial charge in [0.25, 0.3) is 5.91 Å². The summed E-state index contributed by atoms with van der Waals surface area (Å²) >= 11 is 0. The molecule has 0 spiro atoms. The lowest BCUT2D eigenvalue weighted by Gasteiger charge is -2.45. The minimum atomic E-state index is -4.57. The number of alkyl halides is 3. The van der Waals surface area contributed by atoms with E-state index >= 15 is 0 Å². The zero-order valence-electron chi connectivity index (χ0n) is 21.3. The third-order valence-corrected chi connectivity index (χ3v) is 8.60. The second-order valence-corrected chi connectivity index (χ2v) is 11.3. The van der Waals surface area contributed by atoms with Crippen LogP contribution in [0.3, 0.4) is 0 Å². The van der Waals surface area contributed by atoms with E-state index in [0.29, 0.717) is 29.9 Å². The summed E-state index contributed by atoms with van der Waals surface area (Å²) in [6.45, 7) is 2.19. The number of nitrogens with one attached hydrogen (secondary N) is 1. The van der Waals surface area contributed by atoms with Crippen LogP contribution in [0, 0.1) is 0 Å². The Morgan fingerprint density at radius 1 is 1.18 bits per heavy atom. The van der Waals surface area contributed by atoms with Crippen molar-refractivity contribution in [3.8, 4) is 0 Å². The van der Waals surface area contributed by atoms with Crippen LogP contribution in [0.1, 0.15) is 77.5 Å². The SMILES string of the molecule is Cn1cnnc1[C@]1(c2cccc(N3Cc4c(cc(CNC5(C)CCC5)cc4C(F)(F)F)C3=O)c2)C[C@H](O)C1. The average Bonchev–Trinajstić information content (AvgIpc) is 3.41. The molecule has 10 heteroatoms. The molecule has 3 aliphatic rings. The van der Waals surface area contributed by atoms with Gasteiger partial charge in [-0.3, -0.25) is 4.79 Å². The Kier molecular flexibility index (Phi) is 5.70. The van der Waals surface area contributed by atoms with Crippen molar-refractivity contribution in [2.75, 3.05) is 4.90 Å². The van der Waals surface area contributed by atoms with E-state index in [9.17, 15) is 23.1 Å². The zero-order valence-corrected chi connectivity index (χ0v) is 21.3. The van der Waals surface area contributed by atoms with Crippen LogP contribution in [0.5, 0.6) is 0 Å². The highest BCUT2D eigenvalue weighted by Crippen LogP contribution is 2.49. The van der Waals surface area contributed by atoms with Gasteiger partial charge in [0, 0.05) is 30.4 Å². The molecule has 3 aromatic rings. The van der Waals surface area contributed by atoms with Crippen molar-refractivity contribution in [1.29, 1.82) is 0 Å². The first-order chi connectivity index (χ1) is 18.0. The molecule has 0 radical (unpaired) electrons. The van der Waals surface area contributed by atoms with Gasteiger partial charge >= 0.3 is 6.18 Å². The van der Waals surface area contributed by atoms with E-state index in [1.54, 1.807) is 24.5 Å². The van der Waals surface area contributed by atoms with Gasteiger partial charge in [-0.05, 0) is 80.0 Å². The number of hydrogen-bond donors (Lipinski definition) is 2. The van der Waals surface area contributed by atoms with E-state index in [1.807, 2.05) is 23.7 Å². The molecule has 0 atom stereocenters. The molecule has 2 aromatic carbocycles. The van der Waals surface area contributed by atoms with Crippen LogP contribution in [-0.4, -0.2) is 37.4 Å². The molecule has 7 nitrogen and oxygen atoms in total. The van der Waals surface area contributed by atoms with Crippen LogP contribution in [0.2, 0.25) is 0 Å². The topological polar surface area (TPSA) is 83.3 Å². The van der Waals surface area contributed by atoms with Crippen LogP contribution in [0.4, 0.5) is 18.9 Å². The maximum absolute atomic E-state index is 14.1. The quantitative estimate of drug-likeness (QED) is 0.496. The summed E-state index contributed by atoms with van der Waals surface area (Å²) in [5.41, 5.74) is 0.520. The van der Waals surface area contributed by atoms with Crippen LogP contribution in [-0.2, 0) is 31.7 Å². The largest absolute Gasteiger partial charge is 0.416 e. The van der Waals surface area contributed by atoms with Crippen LogP contribution >= 0.6 is 0 Å². The molecule has 1 aliphatic heterocycles. The lowest BCUT2D eigenvalue weighted by atomic mass is 9.62. The summed E-state index contributed by atoms with van der Waals surface area (Å²) < 4.78 is 44.3. The predicted molar refractivity (Wildman–Crippen MR) is 135 cm³/mol. The first-order valence-electron chi connectivity index (χ1n) is 12.9. The molecule has 0 bridgehead atoms.